The molecule has 0 bridgehead atoms. The first kappa shape index (κ1) is 27.0. The molecule has 0 aliphatic heterocycles. The van der Waals surface area contributed by atoms with E-state index in [9.17, 15) is 14.4 Å². The zero-order valence-electron chi connectivity index (χ0n) is 21.7. The summed E-state index contributed by atoms with van der Waals surface area (Å²) in [6.45, 7) is 9.51. The Morgan fingerprint density at radius 1 is 0.889 bits per heavy atom. The van der Waals surface area contributed by atoms with Crippen LogP contribution < -0.4 is 16.0 Å². The number of alkyl carbamates (subject to hydrolysis) is 2. The van der Waals surface area contributed by atoms with E-state index in [1.807, 2.05) is 38.1 Å². The molecule has 0 heterocycles. The number of amides is 3. The fourth-order valence-corrected chi connectivity index (χ4v) is 4.25. The number of benzene rings is 2. The zero-order chi connectivity index (χ0) is 26.3. The molecule has 2 aromatic rings. The molecule has 8 nitrogen and oxygen atoms in total. The summed E-state index contributed by atoms with van der Waals surface area (Å²) in [6, 6.07) is 15.5. The molecule has 0 saturated heterocycles. The maximum Gasteiger partial charge on any atom is 0.408 e. The summed E-state index contributed by atoms with van der Waals surface area (Å²) in [6.07, 6.45) is -0.367. The van der Waals surface area contributed by atoms with E-state index >= 15 is 0 Å². The topological polar surface area (TPSA) is 106 Å². The predicted octanol–water partition coefficient (Wildman–Crippen LogP) is 4.72. The van der Waals surface area contributed by atoms with Gasteiger partial charge in [-0.15, -0.1) is 0 Å². The fraction of sp³-hybridized carbons (Fsp3) is 0.464. The minimum Gasteiger partial charge on any atom is -0.449 e. The van der Waals surface area contributed by atoms with E-state index in [4.69, 9.17) is 9.47 Å². The first-order valence-electron chi connectivity index (χ1n) is 12.4. The third-order valence-electron chi connectivity index (χ3n) is 5.72. The smallest absolute Gasteiger partial charge is 0.408 e. The number of carbonyl (C=O) groups is 3. The molecule has 194 valence electrons. The molecule has 3 rings (SSSR count). The van der Waals surface area contributed by atoms with Crippen LogP contribution in [0.3, 0.4) is 0 Å². The molecule has 1 unspecified atom stereocenters. The van der Waals surface area contributed by atoms with Crippen molar-refractivity contribution in [1.29, 1.82) is 0 Å². The largest absolute Gasteiger partial charge is 0.449 e. The molecule has 36 heavy (non-hydrogen) atoms. The molecule has 0 fully saturated rings. The lowest BCUT2D eigenvalue weighted by Gasteiger charge is -2.24. The summed E-state index contributed by atoms with van der Waals surface area (Å²) in [7, 11) is 0. The van der Waals surface area contributed by atoms with Crippen LogP contribution in [0.4, 0.5) is 9.59 Å². The molecule has 3 N–H and O–H groups in total. The lowest BCUT2D eigenvalue weighted by molar-refractivity contribution is -0.123. The standard InChI is InChI=1S/C28H37N3O5/c1-18(2)30-25(32)24(31-27(34)36-28(3,4)5)15-10-16-29-26(33)35-17-23-21-13-8-6-11-19(21)20-12-7-9-14-22(20)23/h6-9,11-14,18,23-24H,10,15-17H2,1-5H3,(H,29,33)(H,30,32)(H,31,34). The van der Waals surface area contributed by atoms with Gasteiger partial charge in [0.1, 0.15) is 18.2 Å². The van der Waals surface area contributed by atoms with E-state index in [2.05, 4.69) is 40.2 Å². The Morgan fingerprint density at radius 3 is 2.03 bits per heavy atom. The van der Waals surface area contributed by atoms with Gasteiger partial charge >= 0.3 is 12.2 Å². The number of hydrogen-bond acceptors (Lipinski definition) is 5. The van der Waals surface area contributed by atoms with Gasteiger partial charge in [0.25, 0.3) is 0 Å². The summed E-state index contributed by atoms with van der Waals surface area (Å²) in [5.41, 5.74) is 3.97. The van der Waals surface area contributed by atoms with Crippen LogP contribution in [-0.2, 0) is 14.3 Å². The third-order valence-corrected chi connectivity index (χ3v) is 5.72. The van der Waals surface area contributed by atoms with Crippen molar-refractivity contribution in [2.75, 3.05) is 13.2 Å². The van der Waals surface area contributed by atoms with E-state index in [0.29, 0.717) is 19.4 Å². The first-order valence-corrected chi connectivity index (χ1v) is 12.4. The van der Waals surface area contributed by atoms with Gasteiger partial charge in [0, 0.05) is 18.5 Å². The van der Waals surface area contributed by atoms with Gasteiger partial charge in [0.15, 0.2) is 0 Å². The van der Waals surface area contributed by atoms with Crippen molar-refractivity contribution in [2.24, 2.45) is 0 Å². The normalized spacial score (nSPS) is 13.4. The molecular formula is C28H37N3O5. The van der Waals surface area contributed by atoms with E-state index in [0.717, 1.165) is 11.1 Å². The molecular weight excluding hydrogens is 458 g/mol. The van der Waals surface area contributed by atoms with Crippen LogP contribution in [0.25, 0.3) is 11.1 Å². The predicted molar refractivity (Wildman–Crippen MR) is 139 cm³/mol. The highest BCUT2D eigenvalue weighted by atomic mass is 16.6. The second-order valence-electron chi connectivity index (χ2n) is 10.3. The lowest BCUT2D eigenvalue weighted by atomic mass is 9.98. The zero-order valence-corrected chi connectivity index (χ0v) is 21.7. The van der Waals surface area contributed by atoms with Gasteiger partial charge in [0.2, 0.25) is 5.91 Å². The van der Waals surface area contributed by atoms with Gasteiger partial charge < -0.3 is 25.4 Å². The number of rotatable bonds is 9. The van der Waals surface area contributed by atoms with E-state index < -0.39 is 23.8 Å². The van der Waals surface area contributed by atoms with Crippen LogP contribution in [0, 0.1) is 0 Å². The molecule has 8 heteroatoms. The van der Waals surface area contributed by atoms with Crippen molar-refractivity contribution in [2.45, 2.75) is 71.1 Å². The minimum atomic E-state index is -0.772. The van der Waals surface area contributed by atoms with Crippen LogP contribution in [-0.4, -0.2) is 48.9 Å². The van der Waals surface area contributed by atoms with E-state index in [1.54, 1.807) is 20.8 Å². The van der Waals surface area contributed by atoms with Crippen LogP contribution in [0.2, 0.25) is 0 Å². The maximum absolute atomic E-state index is 12.5. The monoisotopic (exact) mass is 495 g/mol. The molecule has 1 aliphatic carbocycles. The Kier molecular flexibility index (Phi) is 8.96. The SMILES string of the molecule is CC(C)NC(=O)C(CCCNC(=O)OCC1c2ccccc2-c2ccccc21)NC(=O)OC(C)(C)C. The number of carbonyl (C=O) groups excluding carboxylic acids is 3. The van der Waals surface area contributed by atoms with Gasteiger partial charge in [-0.25, -0.2) is 9.59 Å². The molecule has 1 aliphatic rings. The third kappa shape index (κ3) is 7.47. The van der Waals surface area contributed by atoms with Gasteiger partial charge in [0.05, 0.1) is 0 Å². The minimum absolute atomic E-state index is 0.00899. The molecule has 0 spiro atoms. The average Bonchev–Trinajstić information content (AvgIpc) is 3.11. The van der Waals surface area contributed by atoms with Crippen molar-refractivity contribution in [3.8, 4) is 11.1 Å². The Balaban J connectivity index is 1.48. The van der Waals surface area contributed by atoms with Crippen LogP contribution in [0.15, 0.2) is 48.5 Å². The number of ether oxygens (including phenoxy) is 2. The van der Waals surface area contributed by atoms with E-state index in [1.165, 1.54) is 11.1 Å². The highest BCUT2D eigenvalue weighted by Crippen LogP contribution is 2.44. The summed E-state index contributed by atoms with van der Waals surface area (Å²) >= 11 is 0. The summed E-state index contributed by atoms with van der Waals surface area (Å²) in [5, 5.41) is 8.18. The van der Waals surface area contributed by atoms with Gasteiger partial charge in [-0.2, -0.15) is 0 Å². The lowest BCUT2D eigenvalue weighted by Crippen LogP contribution is -2.49. The number of nitrogens with one attached hydrogen (secondary N) is 3. The summed E-state index contributed by atoms with van der Waals surface area (Å²) < 4.78 is 10.8. The van der Waals surface area contributed by atoms with E-state index in [-0.39, 0.29) is 24.5 Å². The van der Waals surface area contributed by atoms with Crippen LogP contribution >= 0.6 is 0 Å². The van der Waals surface area contributed by atoms with Gasteiger partial charge in [-0.05, 0) is 69.7 Å². The van der Waals surface area contributed by atoms with Gasteiger partial charge in [-0.1, -0.05) is 48.5 Å². The Morgan fingerprint density at radius 2 is 1.47 bits per heavy atom. The van der Waals surface area contributed by atoms with Crippen molar-refractivity contribution in [3.63, 3.8) is 0 Å². The Labute approximate surface area is 213 Å². The molecule has 2 aromatic carbocycles. The van der Waals surface area contributed by atoms with Crippen molar-refractivity contribution >= 4 is 18.1 Å². The highest BCUT2D eigenvalue weighted by molar-refractivity contribution is 5.85. The first-order chi connectivity index (χ1) is 17.0. The summed E-state index contributed by atoms with van der Waals surface area (Å²) in [5.74, 6) is -0.303. The van der Waals surface area contributed by atoms with Crippen LogP contribution in [0.1, 0.15) is 64.5 Å². The Hall–Kier alpha value is -3.55. The second-order valence-corrected chi connectivity index (χ2v) is 10.3. The van der Waals surface area contributed by atoms with Crippen LogP contribution in [0.5, 0.6) is 0 Å². The second kappa shape index (κ2) is 11.9. The fourth-order valence-electron chi connectivity index (χ4n) is 4.25. The van der Waals surface area contributed by atoms with Crippen molar-refractivity contribution < 1.29 is 23.9 Å². The summed E-state index contributed by atoms with van der Waals surface area (Å²) in [4.78, 5) is 37.1. The molecule has 0 aromatic heterocycles. The Bertz CT molecular complexity index is 1030. The molecule has 1 atom stereocenters. The molecule has 3 amide bonds. The highest BCUT2D eigenvalue weighted by Gasteiger charge is 2.29. The molecule has 0 saturated carbocycles. The molecule has 0 radical (unpaired) electrons. The van der Waals surface area contributed by atoms with Crippen molar-refractivity contribution in [1.82, 2.24) is 16.0 Å². The maximum atomic E-state index is 12.5. The van der Waals surface area contributed by atoms with Gasteiger partial charge in [-0.3, -0.25) is 4.79 Å². The number of fused-ring (bicyclic) bond motifs is 3. The number of hydrogen-bond donors (Lipinski definition) is 3. The average molecular weight is 496 g/mol. The quantitative estimate of drug-likeness (QED) is 0.437. The van der Waals surface area contributed by atoms with Crippen molar-refractivity contribution in [3.05, 3.63) is 59.7 Å².